The van der Waals surface area contributed by atoms with E-state index >= 15 is 0 Å². The number of carbonyl (C=O) groups is 1. The number of ether oxygens (including phenoxy) is 2. The summed E-state index contributed by atoms with van der Waals surface area (Å²) in [6, 6.07) is 8.69. The standard InChI is InChI=1S/C56H103NO8S/c1-3-5-7-9-11-13-15-17-18-19-20-21-22-23-24-25-26-27-29-31-33-35-40-44-51(59)57-48(52(60)49(58)43-39-34-32-30-28-16-14-12-10-8-6-4-2)45-64-56-55(63)54(62)53(61)50(65-56)46-66-47-41-37-36-38-42-47/h36-38,41-42,48-50,52-56,58,60-63H,3-35,39-40,43-46H2,1-2H3,(H,57,59)/t48-,49+,50+,52-,53-,54-,55+,56-/m0/s1. The molecular weight excluding hydrogens is 847 g/mol. The summed E-state index contributed by atoms with van der Waals surface area (Å²) < 4.78 is 11.9. The molecule has 2 rings (SSSR count). The van der Waals surface area contributed by atoms with Gasteiger partial charge in [-0.3, -0.25) is 4.79 Å². The first-order valence-electron chi connectivity index (χ1n) is 27.9. The van der Waals surface area contributed by atoms with E-state index in [1.807, 2.05) is 30.3 Å². The first kappa shape index (κ1) is 60.9. The van der Waals surface area contributed by atoms with Crippen LogP contribution in [0.5, 0.6) is 0 Å². The molecule has 1 fully saturated rings. The Hall–Kier alpha value is -1.24. The molecule has 1 aromatic rings. The predicted octanol–water partition coefficient (Wildman–Crippen LogP) is 13.3. The van der Waals surface area contributed by atoms with E-state index in [1.54, 1.807) is 0 Å². The molecule has 8 atom stereocenters. The van der Waals surface area contributed by atoms with Gasteiger partial charge in [0.25, 0.3) is 0 Å². The minimum Gasteiger partial charge on any atom is -0.390 e. The number of benzene rings is 1. The zero-order valence-electron chi connectivity index (χ0n) is 42.5. The second-order valence-corrected chi connectivity index (χ2v) is 21.0. The summed E-state index contributed by atoms with van der Waals surface area (Å²) in [4.78, 5) is 14.2. The van der Waals surface area contributed by atoms with Crippen LogP contribution in [0.4, 0.5) is 0 Å². The highest BCUT2D eigenvalue weighted by Gasteiger charge is 2.44. The molecule has 1 saturated heterocycles. The van der Waals surface area contributed by atoms with Crippen molar-refractivity contribution in [2.45, 2.75) is 305 Å². The number of aliphatic hydroxyl groups excluding tert-OH is 5. The molecule has 0 bridgehead atoms. The van der Waals surface area contributed by atoms with Crippen LogP contribution in [0.15, 0.2) is 35.2 Å². The van der Waals surface area contributed by atoms with Crippen LogP contribution in [0.25, 0.3) is 0 Å². The summed E-state index contributed by atoms with van der Waals surface area (Å²) in [6.07, 6.45) is 36.6. The number of unbranched alkanes of at least 4 members (excludes halogenated alkanes) is 33. The lowest BCUT2D eigenvalue weighted by Crippen LogP contribution is -2.60. The Morgan fingerprint density at radius 1 is 0.561 bits per heavy atom. The SMILES string of the molecule is CCCCCCCCCCCCCCCCCCCCCCCCCC(=O)N[C@@H](CO[C@H]1O[C@H](CSc2ccccc2)[C@H](O)[C@H](O)[C@H]1O)[C@H](O)[C@H](O)CCCCCCCCCCCCCC. The molecule has 1 aromatic carbocycles. The van der Waals surface area contributed by atoms with Crippen LogP contribution in [-0.4, -0.2) is 92.8 Å². The van der Waals surface area contributed by atoms with Gasteiger partial charge < -0.3 is 40.3 Å². The van der Waals surface area contributed by atoms with Gasteiger partial charge in [-0.05, 0) is 25.0 Å². The average Bonchev–Trinajstić information content (AvgIpc) is 3.32. The molecule has 1 amide bonds. The van der Waals surface area contributed by atoms with E-state index in [4.69, 9.17) is 9.47 Å². The quantitative estimate of drug-likeness (QED) is 0.0277. The number of aliphatic hydroxyl groups is 5. The van der Waals surface area contributed by atoms with E-state index in [0.29, 0.717) is 18.6 Å². The average molecular weight is 951 g/mol. The highest BCUT2D eigenvalue weighted by atomic mass is 32.2. The number of thioether (sulfide) groups is 1. The smallest absolute Gasteiger partial charge is 0.220 e. The van der Waals surface area contributed by atoms with Gasteiger partial charge in [-0.25, -0.2) is 0 Å². The number of nitrogens with one attached hydrogen (secondary N) is 1. The molecular formula is C56H103NO8S. The minimum absolute atomic E-state index is 0.221. The zero-order chi connectivity index (χ0) is 47.7. The third kappa shape index (κ3) is 31.1. The van der Waals surface area contributed by atoms with Crippen molar-refractivity contribution >= 4 is 17.7 Å². The Bertz CT molecular complexity index is 1210. The van der Waals surface area contributed by atoms with Gasteiger partial charge in [-0.2, -0.15) is 0 Å². The van der Waals surface area contributed by atoms with Crippen molar-refractivity contribution in [3.63, 3.8) is 0 Å². The lowest BCUT2D eigenvalue weighted by atomic mass is 9.98. The van der Waals surface area contributed by atoms with E-state index < -0.39 is 49.0 Å². The maximum absolute atomic E-state index is 13.2. The molecule has 0 radical (unpaired) electrons. The first-order chi connectivity index (χ1) is 32.3. The van der Waals surface area contributed by atoms with Crippen LogP contribution >= 0.6 is 11.8 Å². The van der Waals surface area contributed by atoms with Gasteiger partial charge >= 0.3 is 0 Å². The largest absolute Gasteiger partial charge is 0.390 e. The molecule has 0 aromatic heterocycles. The molecule has 1 heterocycles. The third-order valence-electron chi connectivity index (χ3n) is 13.8. The Morgan fingerprint density at radius 2 is 0.955 bits per heavy atom. The topological polar surface area (TPSA) is 149 Å². The van der Waals surface area contributed by atoms with E-state index in [2.05, 4.69) is 19.2 Å². The van der Waals surface area contributed by atoms with E-state index in [1.165, 1.54) is 198 Å². The van der Waals surface area contributed by atoms with Gasteiger partial charge in [0, 0.05) is 17.1 Å². The fourth-order valence-corrected chi connectivity index (χ4v) is 10.3. The van der Waals surface area contributed by atoms with Gasteiger partial charge in [-0.1, -0.05) is 250 Å². The summed E-state index contributed by atoms with van der Waals surface area (Å²) in [5.41, 5.74) is 0. The highest BCUT2D eigenvalue weighted by molar-refractivity contribution is 7.99. The van der Waals surface area contributed by atoms with Gasteiger partial charge in [0.15, 0.2) is 6.29 Å². The summed E-state index contributed by atoms with van der Waals surface area (Å²) in [6.45, 7) is 4.29. The van der Waals surface area contributed by atoms with E-state index in [-0.39, 0.29) is 12.5 Å². The van der Waals surface area contributed by atoms with Crippen molar-refractivity contribution in [1.29, 1.82) is 0 Å². The third-order valence-corrected chi connectivity index (χ3v) is 14.9. The molecule has 0 saturated carbocycles. The summed E-state index contributed by atoms with van der Waals surface area (Å²) >= 11 is 1.46. The van der Waals surface area contributed by atoms with Crippen molar-refractivity contribution < 1.29 is 39.8 Å². The molecule has 66 heavy (non-hydrogen) atoms. The van der Waals surface area contributed by atoms with Crippen molar-refractivity contribution in [2.24, 2.45) is 0 Å². The van der Waals surface area contributed by atoms with Crippen LogP contribution in [0.1, 0.15) is 251 Å². The molecule has 386 valence electrons. The lowest BCUT2D eigenvalue weighted by molar-refractivity contribution is -0.294. The molecule has 1 aliphatic rings. The molecule has 0 aliphatic carbocycles. The monoisotopic (exact) mass is 950 g/mol. The van der Waals surface area contributed by atoms with Crippen molar-refractivity contribution in [1.82, 2.24) is 5.32 Å². The second kappa shape index (κ2) is 42.6. The number of carbonyl (C=O) groups excluding carboxylic acids is 1. The van der Waals surface area contributed by atoms with E-state index in [9.17, 15) is 30.3 Å². The maximum Gasteiger partial charge on any atom is 0.220 e. The predicted molar refractivity (Wildman–Crippen MR) is 276 cm³/mol. The Labute approximate surface area is 409 Å². The van der Waals surface area contributed by atoms with Crippen LogP contribution in [0.3, 0.4) is 0 Å². The molecule has 9 nitrogen and oxygen atoms in total. The Kier molecular flexibility index (Phi) is 39.3. The Morgan fingerprint density at radius 3 is 1.38 bits per heavy atom. The van der Waals surface area contributed by atoms with Crippen molar-refractivity contribution in [2.75, 3.05) is 12.4 Å². The zero-order valence-corrected chi connectivity index (χ0v) is 43.3. The minimum atomic E-state index is -1.54. The fraction of sp³-hybridized carbons (Fsp3) is 0.875. The fourth-order valence-electron chi connectivity index (χ4n) is 9.29. The van der Waals surface area contributed by atoms with Crippen molar-refractivity contribution in [3.8, 4) is 0 Å². The number of amides is 1. The van der Waals surface area contributed by atoms with Crippen LogP contribution < -0.4 is 5.32 Å². The second-order valence-electron chi connectivity index (χ2n) is 19.9. The van der Waals surface area contributed by atoms with Crippen LogP contribution in [0.2, 0.25) is 0 Å². The van der Waals surface area contributed by atoms with Gasteiger partial charge in [0.1, 0.15) is 24.4 Å². The summed E-state index contributed by atoms with van der Waals surface area (Å²) in [7, 11) is 0. The molecule has 10 heteroatoms. The van der Waals surface area contributed by atoms with Gasteiger partial charge in [-0.15, -0.1) is 11.8 Å². The number of hydrogen-bond acceptors (Lipinski definition) is 9. The van der Waals surface area contributed by atoms with Gasteiger partial charge in [0.05, 0.1) is 24.9 Å². The van der Waals surface area contributed by atoms with Gasteiger partial charge in [0.2, 0.25) is 5.91 Å². The summed E-state index contributed by atoms with van der Waals surface area (Å²) in [5, 5.41) is 57.6. The van der Waals surface area contributed by atoms with Crippen LogP contribution in [-0.2, 0) is 14.3 Å². The van der Waals surface area contributed by atoms with Crippen molar-refractivity contribution in [3.05, 3.63) is 30.3 Å². The van der Waals surface area contributed by atoms with Crippen LogP contribution in [0, 0.1) is 0 Å². The highest BCUT2D eigenvalue weighted by Crippen LogP contribution is 2.28. The number of hydrogen-bond donors (Lipinski definition) is 6. The maximum atomic E-state index is 13.2. The molecule has 1 aliphatic heterocycles. The first-order valence-corrected chi connectivity index (χ1v) is 28.9. The summed E-state index contributed by atoms with van der Waals surface area (Å²) in [5.74, 6) is 0.0935. The van der Waals surface area contributed by atoms with E-state index in [0.717, 1.165) is 43.4 Å². The number of rotatable bonds is 46. The molecule has 0 spiro atoms. The molecule has 6 N–H and O–H groups in total. The lowest BCUT2D eigenvalue weighted by Gasteiger charge is -2.41. The Balaban J connectivity index is 1.67. The normalized spacial score (nSPS) is 20.1. The molecule has 0 unspecified atom stereocenters.